The molecular weight excluding hydrogens is 374 g/mol. The molecule has 0 spiro atoms. The molecule has 1 heterocycles. The molecule has 8 heteroatoms. The number of aromatic nitrogens is 1. The summed E-state index contributed by atoms with van der Waals surface area (Å²) in [5.41, 5.74) is 3.03. The first-order chi connectivity index (χ1) is 13.9. The van der Waals surface area contributed by atoms with E-state index in [1.807, 2.05) is 13.0 Å². The molecule has 2 aromatic rings. The van der Waals surface area contributed by atoms with Gasteiger partial charge < -0.3 is 20.1 Å². The average Bonchev–Trinajstić information content (AvgIpc) is 2.77. The van der Waals surface area contributed by atoms with Gasteiger partial charge in [0.15, 0.2) is 11.8 Å². The third kappa shape index (κ3) is 4.78. The van der Waals surface area contributed by atoms with E-state index in [4.69, 9.17) is 9.84 Å². The summed E-state index contributed by atoms with van der Waals surface area (Å²) in [7, 11) is 4.29. The summed E-state index contributed by atoms with van der Waals surface area (Å²) in [5, 5.41) is 11.4. The van der Waals surface area contributed by atoms with E-state index in [-0.39, 0.29) is 0 Å². The van der Waals surface area contributed by atoms with Gasteiger partial charge in [0.25, 0.3) is 5.91 Å². The summed E-state index contributed by atoms with van der Waals surface area (Å²) in [6.45, 7) is 1.18. The first-order valence-corrected chi connectivity index (χ1v) is 9.13. The van der Waals surface area contributed by atoms with Gasteiger partial charge in [-0.1, -0.05) is 19.1 Å². The number of ether oxygens (including phenoxy) is 1. The van der Waals surface area contributed by atoms with Gasteiger partial charge in [0.05, 0.1) is 7.11 Å². The Labute approximate surface area is 169 Å². The van der Waals surface area contributed by atoms with Gasteiger partial charge in [-0.3, -0.25) is 14.4 Å². The molecule has 154 valence electrons. The molecule has 1 atom stereocenters. The molecule has 8 nitrogen and oxygen atoms in total. The van der Waals surface area contributed by atoms with E-state index in [0.717, 1.165) is 28.0 Å². The first kappa shape index (κ1) is 22.0. The van der Waals surface area contributed by atoms with Crippen LogP contribution in [0.2, 0.25) is 0 Å². The highest BCUT2D eigenvalue weighted by Gasteiger charge is 2.32. The number of benzene rings is 1. The lowest BCUT2D eigenvalue weighted by atomic mass is 10.0. The largest absolute Gasteiger partial charge is 0.481 e. The number of methoxy groups -OCH3 is 1. The Morgan fingerprint density at radius 1 is 1.21 bits per heavy atom. The zero-order valence-electron chi connectivity index (χ0n) is 16.9. The summed E-state index contributed by atoms with van der Waals surface area (Å²) < 4.78 is 5.24. The lowest BCUT2D eigenvalue weighted by molar-refractivity contribution is -0.135. The molecule has 0 radical (unpaired) electrons. The molecule has 2 amide bonds. The predicted octanol–water partition coefficient (Wildman–Crippen LogP) is 1.07. The van der Waals surface area contributed by atoms with E-state index in [2.05, 4.69) is 10.3 Å². The summed E-state index contributed by atoms with van der Waals surface area (Å²) in [6.07, 6.45) is 2.47. The number of pyridine rings is 1. The molecule has 2 N–H and O–H groups in total. The maximum Gasteiger partial charge on any atom is 0.254 e. The molecule has 0 aliphatic carbocycles. The highest BCUT2D eigenvalue weighted by Crippen LogP contribution is 2.25. The highest BCUT2D eigenvalue weighted by atomic mass is 16.5. The molecule has 2 rings (SSSR count). The second-order valence-electron chi connectivity index (χ2n) is 6.38. The molecule has 0 fully saturated rings. The minimum atomic E-state index is -1.39. The minimum Gasteiger partial charge on any atom is -0.481 e. The molecule has 29 heavy (non-hydrogen) atoms. The number of ketones is 1. The van der Waals surface area contributed by atoms with Crippen LogP contribution in [0.1, 0.15) is 22.8 Å². The number of hydrogen-bond donors (Lipinski definition) is 2. The number of carbonyl (C=O) groups is 3. The first-order valence-electron chi connectivity index (χ1n) is 9.13. The average molecular weight is 399 g/mol. The van der Waals surface area contributed by atoms with Crippen molar-refractivity contribution >= 4 is 17.6 Å². The molecule has 0 aliphatic heterocycles. The van der Waals surface area contributed by atoms with Crippen LogP contribution in [0.5, 0.6) is 5.88 Å². The number of carbonyl (C=O) groups excluding carboxylic acids is 3. The molecular formula is C21H25N3O5. The van der Waals surface area contributed by atoms with Crippen LogP contribution >= 0.6 is 0 Å². The monoisotopic (exact) mass is 399 g/mol. The van der Waals surface area contributed by atoms with Gasteiger partial charge in [-0.15, -0.1) is 0 Å². The Morgan fingerprint density at radius 2 is 1.86 bits per heavy atom. The number of likely N-dealkylation sites (N-methyl/N-ethyl adjacent to an activating group) is 2. The van der Waals surface area contributed by atoms with Gasteiger partial charge in [0.2, 0.25) is 11.8 Å². The number of aliphatic hydroxyl groups is 1. The predicted molar refractivity (Wildman–Crippen MR) is 108 cm³/mol. The minimum absolute atomic E-state index is 0.313. The quantitative estimate of drug-likeness (QED) is 0.643. The van der Waals surface area contributed by atoms with E-state index in [1.54, 1.807) is 37.6 Å². The zero-order chi connectivity index (χ0) is 21.6. The zero-order valence-corrected chi connectivity index (χ0v) is 16.9. The maximum atomic E-state index is 12.7. The van der Waals surface area contributed by atoms with Crippen molar-refractivity contribution in [2.75, 3.05) is 27.8 Å². The molecule has 0 bridgehead atoms. The molecule has 0 saturated heterocycles. The SMILES string of the molecule is CCc1cc(-c2ccc(C(=O)N(C)C(C(=O)CO)C(=O)NC)cc2)cnc1OC. The summed E-state index contributed by atoms with van der Waals surface area (Å²) >= 11 is 0. The van der Waals surface area contributed by atoms with Gasteiger partial charge in [0, 0.05) is 37.0 Å². The van der Waals surface area contributed by atoms with Crippen LogP contribution in [-0.2, 0) is 16.0 Å². The van der Waals surface area contributed by atoms with Crippen LogP contribution in [-0.4, -0.2) is 66.4 Å². The van der Waals surface area contributed by atoms with Crippen molar-refractivity contribution in [2.45, 2.75) is 19.4 Å². The van der Waals surface area contributed by atoms with Gasteiger partial charge >= 0.3 is 0 Å². The number of aliphatic hydroxyl groups excluding tert-OH is 1. The molecule has 1 unspecified atom stereocenters. The lowest BCUT2D eigenvalue weighted by Crippen LogP contribution is -2.52. The van der Waals surface area contributed by atoms with Gasteiger partial charge in [-0.05, 0) is 30.2 Å². The van der Waals surface area contributed by atoms with E-state index < -0.39 is 30.2 Å². The highest BCUT2D eigenvalue weighted by molar-refractivity contribution is 6.10. The summed E-state index contributed by atoms with van der Waals surface area (Å²) in [5.74, 6) is -1.34. The number of nitrogens with zero attached hydrogens (tertiary/aromatic N) is 2. The van der Waals surface area contributed by atoms with E-state index in [0.29, 0.717) is 11.4 Å². The fraction of sp³-hybridized carbons (Fsp3) is 0.333. The summed E-state index contributed by atoms with van der Waals surface area (Å²) in [6, 6.07) is 7.37. The standard InChI is InChI=1S/C21H25N3O5/c1-5-13-10-16(11-23-20(13)29-4)14-6-8-15(9-7-14)21(28)24(3)18(17(26)12-25)19(27)22-2/h6-11,18,25H,5,12H2,1-4H3,(H,22,27). The topological polar surface area (TPSA) is 109 Å². The number of amides is 2. The van der Waals surface area contributed by atoms with Crippen molar-refractivity contribution in [3.05, 3.63) is 47.7 Å². The fourth-order valence-electron chi connectivity index (χ4n) is 2.98. The van der Waals surface area contributed by atoms with Crippen molar-refractivity contribution in [1.82, 2.24) is 15.2 Å². The number of nitrogens with one attached hydrogen (secondary N) is 1. The van der Waals surface area contributed by atoms with Crippen LogP contribution in [0.3, 0.4) is 0 Å². The van der Waals surface area contributed by atoms with Crippen LogP contribution in [0.4, 0.5) is 0 Å². The van der Waals surface area contributed by atoms with Crippen molar-refractivity contribution in [3.8, 4) is 17.0 Å². The third-order valence-corrected chi connectivity index (χ3v) is 4.63. The van der Waals surface area contributed by atoms with E-state index in [1.165, 1.54) is 14.1 Å². The van der Waals surface area contributed by atoms with Crippen LogP contribution in [0.25, 0.3) is 11.1 Å². The Morgan fingerprint density at radius 3 is 2.38 bits per heavy atom. The number of rotatable bonds is 8. The third-order valence-electron chi connectivity index (χ3n) is 4.63. The Hall–Kier alpha value is -3.26. The van der Waals surface area contributed by atoms with Crippen LogP contribution < -0.4 is 10.1 Å². The second kappa shape index (κ2) is 9.79. The number of aryl methyl sites for hydroxylation is 1. The van der Waals surface area contributed by atoms with Crippen molar-refractivity contribution in [3.63, 3.8) is 0 Å². The van der Waals surface area contributed by atoms with Gasteiger partial charge in [0.1, 0.15) is 6.61 Å². The fourth-order valence-corrected chi connectivity index (χ4v) is 2.98. The second-order valence-corrected chi connectivity index (χ2v) is 6.38. The maximum absolute atomic E-state index is 12.7. The molecule has 0 aliphatic rings. The van der Waals surface area contributed by atoms with E-state index >= 15 is 0 Å². The normalized spacial score (nSPS) is 11.5. The summed E-state index contributed by atoms with van der Waals surface area (Å²) in [4.78, 5) is 42.0. The van der Waals surface area contributed by atoms with Crippen LogP contribution in [0.15, 0.2) is 36.5 Å². The number of hydrogen-bond acceptors (Lipinski definition) is 6. The Bertz CT molecular complexity index is 880. The molecule has 0 saturated carbocycles. The molecule has 1 aromatic heterocycles. The molecule has 1 aromatic carbocycles. The van der Waals surface area contributed by atoms with Gasteiger partial charge in [-0.2, -0.15) is 0 Å². The smallest absolute Gasteiger partial charge is 0.254 e. The Balaban J connectivity index is 2.28. The van der Waals surface area contributed by atoms with Gasteiger partial charge in [-0.25, -0.2) is 4.98 Å². The van der Waals surface area contributed by atoms with Crippen molar-refractivity contribution < 1.29 is 24.2 Å². The van der Waals surface area contributed by atoms with Crippen molar-refractivity contribution in [1.29, 1.82) is 0 Å². The number of Topliss-reactive ketones (excluding diaryl/α,β-unsaturated/α-hetero) is 1. The van der Waals surface area contributed by atoms with E-state index in [9.17, 15) is 14.4 Å². The van der Waals surface area contributed by atoms with Crippen molar-refractivity contribution in [2.24, 2.45) is 0 Å². The Kier molecular flexibility index (Phi) is 7.44. The lowest BCUT2D eigenvalue weighted by Gasteiger charge is -2.25. The van der Waals surface area contributed by atoms with Crippen LogP contribution in [0, 0.1) is 0 Å².